The zero-order valence-electron chi connectivity index (χ0n) is 85.6. The number of benzene rings is 3. The third-order valence-electron chi connectivity index (χ3n) is 29.7. The summed E-state index contributed by atoms with van der Waals surface area (Å²) in [6.45, 7) is 33.1. The molecule has 18 atom stereocenters. The number of urea groups is 3. The van der Waals surface area contributed by atoms with Crippen molar-refractivity contribution in [2.24, 2.45) is 103 Å². The quantitative estimate of drug-likeness (QED) is 0.0111. The monoisotopic (exact) mass is 2080 g/mol. The maximum absolute atomic E-state index is 14.7. The van der Waals surface area contributed by atoms with E-state index >= 15 is 0 Å². The molecule has 3 aliphatic heterocycles. The maximum Gasteiger partial charge on any atom is 0.329 e. The lowest BCUT2D eigenvalue weighted by Gasteiger charge is -2.38. The Morgan fingerprint density at radius 2 is 0.715 bits per heavy atom. The van der Waals surface area contributed by atoms with Crippen LogP contribution in [0.25, 0.3) is 0 Å². The molecule has 0 spiro atoms. The lowest BCUT2D eigenvalue weighted by atomic mass is 9.80. The number of ketones is 3. The second kappa shape index (κ2) is 45.3. The van der Waals surface area contributed by atoms with Crippen molar-refractivity contribution >= 4 is 153 Å². The average molecular weight is 2080 g/mol. The van der Waals surface area contributed by atoms with E-state index in [1.54, 1.807) is 104 Å². The Balaban J connectivity index is 0.000000206. The first kappa shape index (κ1) is 114. The molecule has 3 saturated heterocycles. The number of nitrogens with zero attached hydrogens (tertiary/aromatic N) is 3. The molecule has 144 heavy (non-hydrogen) atoms. The van der Waals surface area contributed by atoms with Crippen LogP contribution in [0.3, 0.4) is 0 Å². The number of ether oxygens (including phenoxy) is 3. The van der Waals surface area contributed by atoms with Crippen LogP contribution >= 0.6 is 46.4 Å². The summed E-state index contributed by atoms with van der Waals surface area (Å²) in [5.41, 5.74) is 15.5. The molecule has 3 aromatic rings. The average Bonchev–Trinajstić information content (AvgIpc) is 1.53. The Morgan fingerprint density at radius 1 is 0.389 bits per heavy atom. The minimum Gasteiger partial charge on any atom is -0.459 e. The number of carbonyl (C=O) groups is 18. The third kappa shape index (κ3) is 27.8. The van der Waals surface area contributed by atoms with Gasteiger partial charge in [-0.25, -0.2) is 28.8 Å². The minimum absolute atomic E-state index is 0.0224. The summed E-state index contributed by atoms with van der Waals surface area (Å²) in [4.78, 5) is 242. The predicted molar refractivity (Wildman–Crippen MR) is 536 cm³/mol. The highest BCUT2D eigenvalue weighted by atomic mass is 35.5. The van der Waals surface area contributed by atoms with Gasteiger partial charge in [-0.15, -0.1) is 46.4 Å². The number of fused-ring (bicyclic) bond motifs is 4. The van der Waals surface area contributed by atoms with Crippen LogP contribution in [0.2, 0.25) is 0 Å². The van der Waals surface area contributed by atoms with E-state index in [-0.39, 0.29) is 80.1 Å². The topological polar surface area (TPSA) is 531 Å². The third-order valence-corrected chi connectivity index (χ3v) is 31.8. The molecular formula is C104H145Cl4N15O21. The van der Waals surface area contributed by atoms with Gasteiger partial charge in [0.05, 0.1) is 18.1 Å². The molecule has 40 heteroatoms. The Labute approximate surface area is 862 Å². The molecular weight excluding hydrogens is 1940 g/mol. The molecule has 3 aromatic carbocycles. The van der Waals surface area contributed by atoms with Gasteiger partial charge in [-0.1, -0.05) is 247 Å². The number of hydrogen-bond donors (Lipinski definition) is 12. The van der Waals surface area contributed by atoms with Gasteiger partial charge in [0.2, 0.25) is 52.8 Å². The Hall–Kier alpha value is -10.7. The number of hydrogen-bond acceptors (Lipinski definition) is 21. The Morgan fingerprint density at radius 3 is 1.06 bits per heavy atom. The van der Waals surface area contributed by atoms with Crippen LogP contribution in [-0.2, 0) is 112 Å². The Bertz CT molecular complexity index is 5300. The van der Waals surface area contributed by atoms with Gasteiger partial charge < -0.3 is 94.0 Å². The van der Waals surface area contributed by atoms with E-state index in [0.717, 1.165) is 73.6 Å². The fourth-order valence-electron chi connectivity index (χ4n) is 20.6. The van der Waals surface area contributed by atoms with E-state index in [1.165, 1.54) is 14.7 Å². The largest absolute Gasteiger partial charge is 0.459 e. The fraction of sp³-hybridized carbons (Fsp3) is 0.654. The number of esters is 3. The summed E-state index contributed by atoms with van der Waals surface area (Å²) < 4.78 is 14.0. The number of halogens is 4. The number of alkyl halides is 4. The van der Waals surface area contributed by atoms with Crippen molar-refractivity contribution in [3.8, 4) is 0 Å². The molecule has 36 nitrogen and oxygen atoms in total. The van der Waals surface area contributed by atoms with Crippen molar-refractivity contribution in [1.82, 2.24) is 62.6 Å². The lowest BCUT2D eigenvalue weighted by molar-refractivity contribution is -0.160. The first-order valence-corrected chi connectivity index (χ1v) is 51.5. The summed E-state index contributed by atoms with van der Waals surface area (Å²) in [6, 6.07) is 11.0. The van der Waals surface area contributed by atoms with E-state index in [2.05, 4.69) is 47.9 Å². The molecule has 7 aliphatic carbocycles. The first-order valence-electron chi connectivity index (χ1n) is 50.0. The van der Waals surface area contributed by atoms with Gasteiger partial charge >= 0.3 is 36.0 Å². The number of amides is 15. The van der Waals surface area contributed by atoms with Crippen molar-refractivity contribution in [3.05, 3.63) is 107 Å². The van der Waals surface area contributed by atoms with E-state index in [0.29, 0.717) is 38.6 Å². The fourth-order valence-corrected chi connectivity index (χ4v) is 22.3. The van der Waals surface area contributed by atoms with Crippen LogP contribution in [0.4, 0.5) is 14.4 Å². The van der Waals surface area contributed by atoms with E-state index < -0.39 is 239 Å². The van der Waals surface area contributed by atoms with Gasteiger partial charge in [0.25, 0.3) is 17.7 Å². The molecule has 15 amide bonds. The van der Waals surface area contributed by atoms with Gasteiger partial charge in [0, 0.05) is 43.3 Å². The summed E-state index contributed by atoms with van der Waals surface area (Å²) >= 11 is 26.2. The van der Waals surface area contributed by atoms with Gasteiger partial charge in [-0.2, -0.15) is 0 Å². The molecule has 0 aromatic heterocycles. The maximum atomic E-state index is 14.7. The predicted octanol–water partition coefficient (Wildman–Crippen LogP) is 8.84. The molecule has 0 radical (unpaired) electrons. The zero-order chi connectivity index (χ0) is 107. The normalized spacial score (nSPS) is 23.7. The number of carbonyl (C=O) groups excluding carboxylic acids is 18. The van der Waals surface area contributed by atoms with E-state index in [9.17, 15) is 86.3 Å². The second-order valence-corrected chi connectivity index (χ2v) is 49.4. The number of nitrogens with two attached hydrogens (primary N) is 3. The summed E-state index contributed by atoms with van der Waals surface area (Å²) in [7, 11) is 0. The Kier molecular flexibility index (Phi) is 35.8. The van der Waals surface area contributed by atoms with Crippen LogP contribution in [-0.4, -0.2) is 228 Å². The molecule has 3 unspecified atom stereocenters. The molecule has 13 rings (SSSR count). The SMILES string of the molecule is CC(C)(C)OC(=O)[C@@H](NC(=O)N[C@H](C(=O)N1C[C@H]2[C@@H]([C@H]1C(=O)NC(CC1CCC1)C(=O)C(N)=O)C2(Cl)Cl)C1Cc2ccccc2C1)C(C)(C)C.CC(C)(C)[C@H](NC(=O)N[C@H](C(=O)N1C[C@H]2[C@@H]([C@H]1C(=O)NC(CC1CCC1)C(=O)C(N)=O)C2(Cl)Cl)C(C)(C)C)C(=O)OCc1ccccc1.CCC[C@H](NC(=O)N[C@H](C(=O)N1C[C@H]2[C@@H]([C@H]1C(=O)NC(CC1CC1)C(=O)C(N)=O)C2(C)C)C(C)(C)C)C(=O)OCc1ccccc1. The summed E-state index contributed by atoms with van der Waals surface area (Å²) in [6.07, 6.45) is 10.0. The summed E-state index contributed by atoms with van der Waals surface area (Å²) in [5, 5.41) is 24.6. The van der Waals surface area contributed by atoms with Crippen LogP contribution < -0.4 is 65.1 Å². The van der Waals surface area contributed by atoms with Gasteiger partial charge in [-0.3, -0.25) is 57.5 Å². The van der Waals surface area contributed by atoms with Crippen molar-refractivity contribution in [3.63, 3.8) is 0 Å². The smallest absolute Gasteiger partial charge is 0.329 e. The number of primary amides is 3. The first-order chi connectivity index (χ1) is 67.0. The highest BCUT2D eigenvalue weighted by Gasteiger charge is 2.76. The molecule has 15 N–H and O–H groups in total. The van der Waals surface area contributed by atoms with Crippen LogP contribution in [0, 0.1) is 86.3 Å². The number of piperidine rings is 3. The van der Waals surface area contributed by atoms with Crippen molar-refractivity contribution in [1.29, 1.82) is 0 Å². The van der Waals surface area contributed by atoms with Crippen molar-refractivity contribution < 1.29 is 101 Å². The van der Waals surface area contributed by atoms with Gasteiger partial charge in [0.15, 0.2) is 0 Å². The molecule has 10 aliphatic rings. The van der Waals surface area contributed by atoms with E-state index in [4.69, 9.17) is 77.8 Å². The van der Waals surface area contributed by atoms with Gasteiger partial charge in [-0.05, 0) is 144 Å². The number of Topliss-reactive ketones (excluding diaryl/α,β-unsaturated/α-hetero) is 3. The molecule has 790 valence electrons. The number of rotatable bonds is 37. The van der Waals surface area contributed by atoms with Crippen LogP contribution in [0.1, 0.15) is 230 Å². The standard InChI is InChI=1S/C36H49Cl2N5O7.C34H47Cl2N5O7.C34H49N5O7/c1-34(2,3)28(32(48)50-35(4,5)6)42-33(49)41-25(21-15-19-12-7-8-13-20(19)16-21)31(47)43-17-22-24(36(22,37)38)26(43)30(46)40-23(27(44)29(39)45)14-18-10-9-11-18;1-32(2,3)25(39-31(47)40-26(33(4,5)6)30(46)48-17-19-11-8-7-9-12-19)29(45)41-16-20-22(34(20,35)36)23(41)28(44)38-21(24(42)27(37)43)15-18-13-10-14-18;1-7-11-22(31(44)46-18-20-12-9-8-10-13-20)37-32(45)38-27(33(2,3)4)30(43)39-17-21-24(34(21,5)6)25(39)29(42)36-23(16-19-14-15-19)26(40)28(35)41/h7-8,12-13,18,21-26,28H,9-11,14-17H2,1-6H3,(H2,39,45)(H,40,46)(H2,41,42,49);7-9,11-12,18,20-23,25-26H,10,13-17H2,1-6H3,(H2,37,43)(H,38,44)(H2,39,40,47);8-10,12-13,19,21-25,27H,7,11,14-18H2,1-6H3,(H2,35,41)(H,36,42)(H2,37,38,45)/t22-,23?,24-,25-,26-,28+;20-,21?,22-,23-,25+,26+;21-,22-,23?,24-,25-,27+/m000/s1. The second-order valence-electron chi connectivity index (χ2n) is 46.5. The number of likely N-dealkylation sites (tertiary alicyclic amines) is 3. The summed E-state index contributed by atoms with van der Waals surface area (Å²) in [5.74, 6) is -13.3. The van der Waals surface area contributed by atoms with E-state index in [1.807, 2.05) is 106 Å². The molecule has 0 bridgehead atoms. The minimum atomic E-state index is -1.27. The van der Waals surface area contributed by atoms with Crippen LogP contribution in [0.5, 0.6) is 0 Å². The molecule has 6 saturated carbocycles. The van der Waals surface area contributed by atoms with Crippen molar-refractivity contribution in [2.45, 2.75) is 321 Å². The number of nitrogens with one attached hydrogen (secondary N) is 9. The van der Waals surface area contributed by atoms with Gasteiger partial charge in [0.1, 0.15) is 81.9 Å². The zero-order valence-corrected chi connectivity index (χ0v) is 88.6. The highest BCUT2D eigenvalue weighted by molar-refractivity contribution is 6.52. The lowest BCUT2D eigenvalue weighted by Crippen LogP contribution is -2.63. The molecule has 3 heterocycles. The highest BCUT2D eigenvalue weighted by Crippen LogP contribution is 2.68. The molecule has 9 fully saturated rings. The van der Waals surface area contributed by atoms with Crippen molar-refractivity contribution in [2.75, 3.05) is 19.6 Å². The van der Waals surface area contributed by atoms with Crippen LogP contribution in [0.15, 0.2) is 84.9 Å².